The average molecular weight is 415 g/mol. The van der Waals surface area contributed by atoms with Gasteiger partial charge in [0.15, 0.2) is 0 Å². The van der Waals surface area contributed by atoms with Crippen LogP contribution in [-0.2, 0) is 18.3 Å². The van der Waals surface area contributed by atoms with Crippen LogP contribution in [0.4, 0.5) is 0 Å². The summed E-state index contributed by atoms with van der Waals surface area (Å²) in [5, 5.41) is 17.4. The molecule has 0 unspecified atom stereocenters. The monoisotopic (exact) mass is 414 g/mol. The number of ether oxygens (including phenoxy) is 1. The molecule has 1 aromatic carbocycles. The van der Waals surface area contributed by atoms with Crippen molar-refractivity contribution in [1.29, 1.82) is 0 Å². The third-order valence-electron chi connectivity index (χ3n) is 5.22. The fourth-order valence-electron chi connectivity index (χ4n) is 3.87. The third-order valence-corrected chi connectivity index (χ3v) is 6.40. The highest BCUT2D eigenvalue weighted by Gasteiger charge is 2.30. The second kappa shape index (κ2) is 8.62. The summed E-state index contributed by atoms with van der Waals surface area (Å²) >= 11 is 1.48. The number of rotatable bonds is 6. The number of thiophene rings is 1. The van der Waals surface area contributed by atoms with Gasteiger partial charge in [-0.2, -0.15) is 5.10 Å². The number of hydrogen-bond acceptors (Lipinski definition) is 6. The van der Waals surface area contributed by atoms with Crippen molar-refractivity contribution in [3.8, 4) is 0 Å². The van der Waals surface area contributed by atoms with Gasteiger partial charge in [-0.05, 0) is 18.4 Å². The summed E-state index contributed by atoms with van der Waals surface area (Å²) in [6.07, 6.45) is 1.89. The second-order valence-electron chi connectivity index (χ2n) is 7.33. The molecule has 1 amide bonds. The second-order valence-corrected chi connectivity index (χ2v) is 8.38. The summed E-state index contributed by atoms with van der Waals surface area (Å²) in [7, 11) is 1.94. The summed E-state index contributed by atoms with van der Waals surface area (Å²) in [6, 6.07) is 8.06. The Kier molecular flexibility index (Phi) is 5.96. The first-order chi connectivity index (χ1) is 14.1. The first-order valence-corrected chi connectivity index (χ1v) is 10.6. The normalized spacial score (nSPS) is 17.7. The van der Waals surface area contributed by atoms with E-state index in [2.05, 4.69) is 27.6 Å². The number of carbonyl (C=O) groups excluding carboxylic acids is 1. The molecule has 1 aliphatic rings. The molecule has 3 heterocycles. The van der Waals surface area contributed by atoms with Crippen LogP contribution in [0.15, 0.2) is 30.5 Å². The van der Waals surface area contributed by atoms with Crippen LogP contribution >= 0.6 is 11.3 Å². The van der Waals surface area contributed by atoms with E-state index in [-0.39, 0.29) is 25.2 Å². The standard InChI is InChI=1S/C21H26N4O3S/c1-14-15(11-24(2)23-14)12-25-8-10-28-17(13-25)19-16-5-3-4-6-18(16)29-20(19)21(27)22-7-9-26/h3-6,11,17,26H,7-10,12-13H2,1-2H3,(H,22,27)/t17-/m1/s1. The molecular weight excluding hydrogens is 388 g/mol. The molecule has 1 aliphatic heterocycles. The molecule has 7 nitrogen and oxygen atoms in total. The minimum absolute atomic E-state index is 0.0792. The third kappa shape index (κ3) is 4.20. The lowest BCUT2D eigenvalue weighted by atomic mass is 10.0. The first kappa shape index (κ1) is 20.0. The fraction of sp³-hybridized carbons (Fsp3) is 0.429. The predicted octanol–water partition coefficient (Wildman–Crippen LogP) is 2.24. The Morgan fingerprint density at radius 1 is 1.41 bits per heavy atom. The van der Waals surface area contributed by atoms with Gasteiger partial charge in [0.05, 0.1) is 29.9 Å². The van der Waals surface area contributed by atoms with Gasteiger partial charge in [-0.25, -0.2) is 0 Å². The van der Waals surface area contributed by atoms with Gasteiger partial charge in [-0.15, -0.1) is 11.3 Å². The number of fused-ring (bicyclic) bond motifs is 1. The number of morpholine rings is 1. The molecule has 8 heteroatoms. The van der Waals surface area contributed by atoms with Crippen molar-refractivity contribution in [2.75, 3.05) is 32.8 Å². The minimum atomic E-state index is -0.174. The van der Waals surface area contributed by atoms with Gasteiger partial charge in [0.1, 0.15) is 0 Å². The number of carbonyl (C=O) groups is 1. The van der Waals surface area contributed by atoms with Gasteiger partial charge in [0.2, 0.25) is 0 Å². The maximum Gasteiger partial charge on any atom is 0.261 e. The summed E-state index contributed by atoms with van der Waals surface area (Å²) in [5.74, 6) is -0.154. The van der Waals surface area contributed by atoms with Crippen LogP contribution in [0, 0.1) is 6.92 Å². The first-order valence-electron chi connectivity index (χ1n) is 9.80. The van der Waals surface area contributed by atoms with Crippen LogP contribution in [0.1, 0.15) is 32.6 Å². The van der Waals surface area contributed by atoms with E-state index in [1.165, 1.54) is 16.9 Å². The lowest BCUT2D eigenvalue weighted by molar-refractivity contribution is -0.0323. The van der Waals surface area contributed by atoms with Gasteiger partial charge < -0.3 is 15.2 Å². The number of aromatic nitrogens is 2. The van der Waals surface area contributed by atoms with E-state index in [1.54, 1.807) is 0 Å². The van der Waals surface area contributed by atoms with Crippen LogP contribution in [0.25, 0.3) is 10.1 Å². The quantitative estimate of drug-likeness (QED) is 0.647. The van der Waals surface area contributed by atoms with Crippen molar-refractivity contribution in [2.45, 2.75) is 19.6 Å². The van der Waals surface area contributed by atoms with E-state index in [0.717, 1.165) is 41.0 Å². The van der Waals surface area contributed by atoms with Crippen LogP contribution in [0.5, 0.6) is 0 Å². The summed E-state index contributed by atoms with van der Waals surface area (Å²) in [4.78, 5) is 15.8. The van der Waals surface area contributed by atoms with Crippen LogP contribution in [0.2, 0.25) is 0 Å². The van der Waals surface area contributed by atoms with Gasteiger partial charge >= 0.3 is 0 Å². The maximum absolute atomic E-state index is 12.8. The molecule has 2 N–H and O–H groups in total. The number of benzene rings is 1. The molecule has 1 fully saturated rings. The molecule has 0 aliphatic carbocycles. The van der Waals surface area contributed by atoms with Crippen molar-refractivity contribution in [3.05, 3.63) is 52.2 Å². The van der Waals surface area contributed by atoms with Gasteiger partial charge in [0.25, 0.3) is 5.91 Å². The molecule has 0 spiro atoms. The molecular formula is C21H26N4O3S. The molecule has 29 heavy (non-hydrogen) atoms. The van der Waals surface area contributed by atoms with Crippen molar-refractivity contribution < 1.29 is 14.6 Å². The molecule has 0 saturated carbocycles. The van der Waals surface area contributed by atoms with Crippen molar-refractivity contribution in [2.24, 2.45) is 7.05 Å². The number of aliphatic hydroxyl groups is 1. The SMILES string of the molecule is Cc1nn(C)cc1CN1CCO[C@@H](c2c(C(=O)NCCO)sc3ccccc23)C1. The molecule has 154 valence electrons. The molecule has 0 radical (unpaired) electrons. The van der Waals surface area contributed by atoms with Gasteiger partial charge in [-0.1, -0.05) is 18.2 Å². The van der Waals surface area contributed by atoms with Gasteiger partial charge in [-0.3, -0.25) is 14.4 Å². The highest BCUT2D eigenvalue weighted by atomic mass is 32.1. The van der Waals surface area contributed by atoms with Crippen molar-refractivity contribution >= 4 is 27.3 Å². The Morgan fingerprint density at radius 3 is 3.00 bits per heavy atom. The van der Waals surface area contributed by atoms with Gasteiger partial charge in [0, 0.05) is 55.3 Å². The Hall–Kier alpha value is -2.26. The van der Waals surface area contributed by atoms with Crippen molar-refractivity contribution in [3.63, 3.8) is 0 Å². The fourth-order valence-corrected chi connectivity index (χ4v) is 5.04. The zero-order chi connectivity index (χ0) is 20.4. The predicted molar refractivity (Wildman–Crippen MR) is 113 cm³/mol. The van der Waals surface area contributed by atoms with Crippen LogP contribution < -0.4 is 5.32 Å². The lowest BCUT2D eigenvalue weighted by Gasteiger charge is -2.33. The average Bonchev–Trinajstić information content (AvgIpc) is 3.25. The summed E-state index contributed by atoms with van der Waals surface area (Å²) < 4.78 is 9.06. The van der Waals surface area contributed by atoms with Crippen molar-refractivity contribution in [1.82, 2.24) is 20.0 Å². The zero-order valence-corrected chi connectivity index (χ0v) is 17.5. The zero-order valence-electron chi connectivity index (χ0n) is 16.7. The number of hydrogen-bond donors (Lipinski definition) is 2. The van der Waals surface area contributed by atoms with E-state index in [4.69, 9.17) is 9.84 Å². The molecule has 1 atom stereocenters. The molecule has 0 bridgehead atoms. The van der Waals surface area contributed by atoms with E-state index in [1.807, 2.05) is 36.9 Å². The largest absolute Gasteiger partial charge is 0.395 e. The molecule has 2 aromatic heterocycles. The maximum atomic E-state index is 12.8. The highest BCUT2D eigenvalue weighted by Crippen LogP contribution is 2.38. The topological polar surface area (TPSA) is 79.6 Å². The Bertz CT molecular complexity index is 1010. The number of aliphatic hydroxyl groups excluding tert-OH is 1. The van der Waals surface area contributed by atoms with E-state index in [0.29, 0.717) is 11.5 Å². The number of nitrogens with one attached hydrogen (secondary N) is 1. The Morgan fingerprint density at radius 2 is 2.24 bits per heavy atom. The highest BCUT2D eigenvalue weighted by molar-refractivity contribution is 7.21. The van der Waals surface area contributed by atoms with Crippen LogP contribution in [0.3, 0.4) is 0 Å². The lowest BCUT2D eigenvalue weighted by Crippen LogP contribution is -2.38. The Labute approximate surface area is 173 Å². The summed E-state index contributed by atoms with van der Waals surface area (Å²) in [6.45, 7) is 5.19. The smallest absolute Gasteiger partial charge is 0.261 e. The summed E-state index contributed by atoms with van der Waals surface area (Å²) in [5.41, 5.74) is 3.21. The molecule has 1 saturated heterocycles. The van der Waals surface area contributed by atoms with E-state index in [9.17, 15) is 4.79 Å². The molecule has 4 rings (SSSR count). The van der Waals surface area contributed by atoms with E-state index < -0.39 is 0 Å². The number of amides is 1. The number of nitrogens with zero attached hydrogens (tertiary/aromatic N) is 3. The Balaban J connectivity index is 1.62. The van der Waals surface area contributed by atoms with E-state index >= 15 is 0 Å². The van der Waals surface area contributed by atoms with Crippen LogP contribution in [-0.4, -0.2) is 58.5 Å². The molecule has 3 aromatic rings. The minimum Gasteiger partial charge on any atom is -0.395 e. The number of aryl methyl sites for hydroxylation is 2.